The molecule has 2 N–H and O–H groups in total. The minimum atomic E-state index is -3.41. The fourth-order valence-corrected chi connectivity index (χ4v) is 4.43. The van der Waals surface area contributed by atoms with Gasteiger partial charge in [-0.25, -0.2) is 13.1 Å². The topological polar surface area (TPSA) is 75.3 Å². The monoisotopic (exact) mass is 330 g/mol. The average molecular weight is 330 g/mol. The van der Waals surface area contributed by atoms with E-state index in [-0.39, 0.29) is 10.1 Å². The molecule has 0 spiro atoms. The fourth-order valence-electron chi connectivity index (χ4n) is 1.51. The molecule has 20 heavy (non-hydrogen) atoms. The van der Waals surface area contributed by atoms with E-state index in [4.69, 9.17) is 0 Å². The number of sulfonamides is 1. The van der Waals surface area contributed by atoms with Crippen LogP contribution in [0.15, 0.2) is 28.5 Å². The molecule has 2 heterocycles. The Bertz CT molecular complexity index is 716. The van der Waals surface area contributed by atoms with Crippen LogP contribution >= 0.6 is 22.7 Å². The molecule has 1 amide bonds. The largest absolute Gasteiger partial charge is 0.346 e. The summed E-state index contributed by atoms with van der Waals surface area (Å²) in [6, 6.07) is 6.91. The molecule has 0 fully saturated rings. The summed E-state index contributed by atoms with van der Waals surface area (Å²) in [7, 11) is -2.04. The number of rotatable bonds is 5. The zero-order valence-electron chi connectivity index (χ0n) is 11.0. The number of thiophene rings is 2. The highest BCUT2D eigenvalue weighted by Crippen LogP contribution is 2.21. The van der Waals surface area contributed by atoms with Gasteiger partial charge in [0.15, 0.2) is 0 Å². The van der Waals surface area contributed by atoms with Crippen LogP contribution in [0.4, 0.5) is 0 Å². The summed E-state index contributed by atoms with van der Waals surface area (Å²) in [6.07, 6.45) is 0. The summed E-state index contributed by atoms with van der Waals surface area (Å²) in [5, 5.41) is 2.78. The lowest BCUT2D eigenvalue weighted by molar-refractivity contribution is 0.0955. The molecule has 0 saturated carbocycles. The van der Waals surface area contributed by atoms with Gasteiger partial charge in [-0.05, 0) is 38.2 Å². The van der Waals surface area contributed by atoms with Gasteiger partial charge in [-0.1, -0.05) is 0 Å². The van der Waals surface area contributed by atoms with Gasteiger partial charge in [-0.2, -0.15) is 0 Å². The Kier molecular flexibility index (Phi) is 4.59. The van der Waals surface area contributed by atoms with Crippen LogP contribution in [0.25, 0.3) is 0 Å². The fraction of sp³-hybridized carbons (Fsp3) is 0.250. The zero-order chi connectivity index (χ0) is 14.8. The summed E-state index contributed by atoms with van der Waals surface area (Å²) in [6.45, 7) is 2.26. The van der Waals surface area contributed by atoms with E-state index in [1.807, 2.05) is 13.0 Å². The van der Waals surface area contributed by atoms with Crippen molar-refractivity contribution in [3.63, 3.8) is 0 Å². The van der Waals surface area contributed by atoms with Crippen LogP contribution in [0.2, 0.25) is 0 Å². The summed E-state index contributed by atoms with van der Waals surface area (Å²) in [4.78, 5) is 14.4. The second kappa shape index (κ2) is 6.04. The first-order valence-corrected chi connectivity index (χ1v) is 8.91. The highest BCUT2D eigenvalue weighted by molar-refractivity contribution is 7.91. The van der Waals surface area contributed by atoms with Crippen molar-refractivity contribution < 1.29 is 13.2 Å². The Morgan fingerprint density at radius 1 is 1.20 bits per heavy atom. The zero-order valence-corrected chi connectivity index (χ0v) is 13.4. The molecule has 0 radical (unpaired) electrons. The van der Waals surface area contributed by atoms with E-state index in [9.17, 15) is 13.2 Å². The molecule has 0 aliphatic heterocycles. The number of carbonyl (C=O) groups is 1. The lowest BCUT2D eigenvalue weighted by atomic mass is 10.4. The van der Waals surface area contributed by atoms with Crippen molar-refractivity contribution in [2.75, 3.05) is 7.05 Å². The van der Waals surface area contributed by atoms with Gasteiger partial charge in [-0.3, -0.25) is 4.79 Å². The summed E-state index contributed by atoms with van der Waals surface area (Å²) in [5.74, 6) is -0.144. The molecule has 0 aliphatic carbocycles. The highest BCUT2D eigenvalue weighted by Gasteiger charge is 2.15. The summed E-state index contributed by atoms with van der Waals surface area (Å²) < 4.78 is 25.7. The van der Waals surface area contributed by atoms with E-state index in [1.165, 1.54) is 24.5 Å². The molecule has 2 rings (SSSR count). The Morgan fingerprint density at radius 2 is 1.95 bits per heavy atom. The number of aryl methyl sites for hydroxylation is 1. The average Bonchev–Trinajstić information content (AvgIpc) is 3.05. The van der Waals surface area contributed by atoms with Gasteiger partial charge < -0.3 is 5.32 Å². The van der Waals surface area contributed by atoms with Gasteiger partial charge in [0.1, 0.15) is 4.21 Å². The molecule has 0 atom stereocenters. The summed E-state index contributed by atoms with van der Waals surface area (Å²) >= 11 is 2.57. The van der Waals surface area contributed by atoms with E-state index < -0.39 is 10.0 Å². The first-order valence-electron chi connectivity index (χ1n) is 5.79. The van der Waals surface area contributed by atoms with Gasteiger partial charge in [0.25, 0.3) is 5.91 Å². The van der Waals surface area contributed by atoms with Crippen LogP contribution in [0.3, 0.4) is 0 Å². The first kappa shape index (κ1) is 15.2. The standard InChI is InChI=1S/C12H14N2O3S3/c1-8-3-5-10(18-8)12(15)14-7-9-4-6-11(19-9)20(16,17)13-2/h3-6,13H,7H2,1-2H3,(H,14,15). The number of hydrogen-bond donors (Lipinski definition) is 2. The quantitative estimate of drug-likeness (QED) is 0.880. The summed E-state index contributed by atoms with van der Waals surface area (Å²) in [5.41, 5.74) is 0. The third-order valence-electron chi connectivity index (χ3n) is 2.56. The van der Waals surface area contributed by atoms with Crippen molar-refractivity contribution >= 4 is 38.6 Å². The molecule has 8 heteroatoms. The maximum Gasteiger partial charge on any atom is 0.261 e. The molecule has 2 aromatic heterocycles. The van der Waals surface area contributed by atoms with E-state index in [2.05, 4.69) is 10.0 Å². The second-order valence-corrected chi connectivity index (χ2v) is 8.59. The molecule has 0 bridgehead atoms. The molecule has 2 aromatic rings. The molecule has 0 unspecified atom stereocenters. The molecule has 5 nitrogen and oxygen atoms in total. The van der Waals surface area contributed by atoms with E-state index >= 15 is 0 Å². The van der Waals surface area contributed by atoms with Gasteiger partial charge >= 0.3 is 0 Å². The van der Waals surface area contributed by atoms with Crippen LogP contribution < -0.4 is 10.0 Å². The number of carbonyl (C=O) groups excluding carboxylic acids is 1. The third kappa shape index (κ3) is 3.45. The molecule has 108 valence electrons. The normalized spacial score (nSPS) is 11.5. The van der Waals surface area contributed by atoms with Gasteiger partial charge in [-0.15, -0.1) is 22.7 Å². The predicted molar refractivity (Wildman–Crippen MR) is 80.8 cm³/mol. The van der Waals surface area contributed by atoms with Crippen LogP contribution in [0.1, 0.15) is 19.4 Å². The second-order valence-electron chi connectivity index (χ2n) is 4.02. The van der Waals surface area contributed by atoms with Crippen molar-refractivity contribution in [1.29, 1.82) is 0 Å². The number of hydrogen-bond acceptors (Lipinski definition) is 5. The molecule has 0 aromatic carbocycles. The SMILES string of the molecule is CNS(=O)(=O)c1ccc(CNC(=O)c2ccc(C)s2)s1. The highest BCUT2D eigenvalue weighted by atomic mass is 32.2. The molecular weight excluding hydrogens is 316 g/mol. The van der Waals surface area contributed by atoms with Crippen LogP contribution in [0.5, 0.6) is 0 Å². The van der Waals surface area contributed by atoms with Gasteiger partial charge in [0.05, 0.1) is 11.4 Å². The Hall–Kier alpha value is -1.22. The Labute approximate surface area is 125 Å². The smallest absolute Gasteiger partial charge is 0.261 e. The Balaban J connectivity index is 2.00. The Morgan fingerprint density at radius 3 is 2.55 bits per heavy atom. The first-order chi connectivity index (χ1) is 9.42. The maximum atomic E-state index is 11.9. The van der Waals surface area contributed by atoms with E-state index in [1.54, 1.807) is 12.1 Å². The molecular formula is C12H14N2O3S3. The van der Waals surface area contributed by atoms with E-state index in [0.29, 0.717) is 11.4 Å². The molecule has 0 saturated heterocycles. The van der Waals surface area contributed by atoms with Crippen LogP contribution in [-0.4, -0.2) is 21.4 Å². The lowest BCUT2D eigenvalue weighted by Gasteiger charge is -2.01. The van der Waals surface area contributed by atoms with Crippen molar-refractivity contribution in [3.8, 4) is 0 Å². The lowest BCUT2D eigenvalue weighted by Crippen LogP contribution is -2.21. The van der Waals surface area contributed by atoms with Gasteiger partial charge in [0.2, 0.25) is 10.0 Å². The van der Waals surface area contributed by atoms with E-state index in [0.717, 1.165) is 21.1 Å². The maximum absolute atomic E-state index is 11.9. The third-order valence-corrected chi connectivity index (χ3v) is 6.55. The number of amides is 1. The van der Waals surface area contributed by atoms with Gasteiger partial charge in [0, 0.05) is 9.75 Å². The minimum absolute atomic E-state index is 0.144. The predicted octanol–water partition coefficient (Wildman–Crippen LogP) is 1.96. The van der Waals surface area contributed by atoms with Crippen molar-refractivity contribution in [2.45, 2.75) is 17.7 Å². The number of nitrogens with one attached hydrogen (secondary N) is 2. The van der Waals surface area contributed by atoms with Crippen molar-refractivity contribution in [2.24, 2.45) is 0 Å². The van der Waals surface area contributed by atoms with Crippen LogP contribution in [0, 0.1) is 6.92 Å². The van der Waals surface area contributed by atoms with Crippen molar-refractivity contribution in [1.82, 2.24) is 10.0 Å². The molecule has 0 aliphatic rings. The minimum Gasteiger partial charge on any atom is -0.346 e. The van der Waals surface area contributed by atoms with Crippen LogP contribution in [-0.2, 0) is 16.6 Å². The van der Waals surface area contributed by atoms with Crippen molar-refractivity contribution in [3.05, 3.63) is 38.9 Å².